The third-order valence-corrected chi connectivity index (χ3v) is 5.38. The molecule has 0 aromatic heterocycles. The lowest BCUT2D eigenvalue weighted by atomic mass is 9.90. The fraction of sp³-hybridized carbons (Fsp3) is 0.435. The lowest BCUT2D eigenvalue weighted by Crippen LogP contribution is -2.04. The largest absolute Gasteiger partial charge is 0.497 e. The summed E-state index contributed by atoms with van der Waals surface area (Å²) >= 11 is 0. The first-order chi connectivity index (χ1) is 12.7. The maximum atomic E-state index is 10.8. The normalized spacial score (nSPS) is 15.0. The summed E-state index contributed by atoms with van der Waals surface area (Å²) in [6.07, 6.45) is 10.7. The Morgan fingerprint density at radius 1 is 0.731 bits per heavy atom. The highest BCUT2D eigenvalue weighted by Crippen LogP contribution is 2.28. The SMILES string of the molecule is COc1cc2c(cc1C=O)CCCC2.COc1ccc2c(c1)CCCC2. The molecule has 3 nitrogen and oxygen atoms in total. The first-order valence-corrected chi connectivity index (χ1v) is 9.56. The van der Waals surface area contributed by atoms with Gasteiger partial charge in [0.25, 0.3) is 0 Å². The molecule has 0 radical (unpaired) electrons. The summed E-state index contributed by atoms with van der Waals surface area (Å²) in [5.74, 6) is 1.70. The minimum absolute atomic E-state index is 0.674. The van der Waals surface area contributed by atoms with Crippen LogP contribution in [0.15, 0.2) is 30.3 Å². The molecule has 26 heavy (non-hydrogen) atoms. The summed E-state index contributed by atoms with van der Waals surface area (Å²) in [4.78, 5) is 10.8. The molecule has 0 N–H and O–H groups in total. The van der Waals surface area contributed by atoms with Crippen LogP contribution in [0.25, 0.3) is 0 Å². The maximum absolute atomic E-state index is 10.8. The van der Waals surface area contributed by atoms with Gasteiger partial charge in [0, 0.05) is 0 Å². The number of aldehydes is 1. The number of benzene rings is 2. The number of hydrogen-bond donors (Lipinski definition) is 0. The zero-order valence-electron chi connectivity index (χ0n) is 15.8. The van der Waals surface area contributed by atoms with Gasteiger partial charge in [0.1, 0.15) is 11.5 Å². The quantitative estimate of drug-likeness (QED) is 0.732. The van der Waals surface area contributed by atoms with Crippen molar-refractivity contribution in [3.63, 3.8) is 0 Å². The molecule has 2 aliphatic carbocycles. The van der Waals surface area contributed by atoms with Gasteiger partial charge < -0.3 is 9.47 Å². The number of ether oxygens (including phenoxy) is 2. The zero-order valence-corrected chi connectivity index (χ0v) is 15.8. The van der Waals surface area contributed by atoms with E-state index in [4.69, 9.17) is 9.47 Å². The first-order valence-electron chi connectivity index (χ1n) is 9.56. The number of fused-ring (bicyclic) bond motifs is 2. The molecule has 138 valence electrons. The van der Waals surface area contributed by atoms with Crippen molar-refractivity contribution in [3.8, 4) is 11.5 Å². The van der Waals surface area contributed by atoms with Gasteiger partial charge in [0.05, 0.1) is 19.8 Å². The van der Waals surface area contributed by atoms with Crippen LogP contribution in [0.1, 0.15) is 58.3 Å². The standard InChI is InChI=1S/C12H14O2.C11H14O/c1-14-12-7-10-5-3-2-4-9(10)6-11(12)8-13;1-12-11-7-6-9-4-2-3-5-10(9)8-11/h6-8H,2-5H2,1H3;6-8H,2-5H2,1H3. The lowest BCUT2D eigenvalue weighted by Gasteiger charge is -2.17. The summed E-state index contributed by atoms with van der Waals surface area (Å²) in [5, 5.41) is 0. The number of methoxy groups -OCH3 is 2. The molecule has 0 saturated carbocycles. The summed E-state index contributed by atoms with van der Waals surface area (Å²) in [7, 11) is 3.34. The van der Waals surface area contributed by atoms with Gasteiger partial charge in [-0.2, -0.15) is 0 Å². The third-order valence-electron chi connectivity index (χ3n) is 5.38. The van der Waals surface area contributed by atoms with E-state index in [0.29, 0.717) is 11.3 Å². The van der Waals surface area contributed by atoms with Crippen LogP contribution in [0, 0.1) is 0 Å². The van der Waals surface area contributed by atoms with E-state index in [1.165, 1.54) is 60.8 Å². The molecule has 0 spiro atoms. The lowest BCUT2D eigenvalue weighted by molar-refractivity contribution is 0.112. The van der Waals surface area contributed by atoms with E-state index in [-0.39, 0.29) is 0 Å². The van der Waals surface area contributed by atoms with Gasteiger partial charge >= 0.3 is 0 Å². The van der Waals surface area contributed by atoms with Crippen molar-refractivity contribution in [1.29, 1.82) is 0 Å². The highest BCUT2D eigenvalue weighted by Gasteiger charge is 2.13. The molecule has 2 aromatic rings. The van der Waals surface area contributed by atoms with E-state index in [2.05, 4.69) is 18.2 Å². The highest BCUT2D eigenvalue weighted by atomic mass is 16.5. The van der Waals surface area contributed by atoms with Crippen molar-refractivity contribution in [2.24, 2.45) is 0 Å². The number of rotatable bonds is 3. The smallest absolute Gasteiger partial charge is 0.153 e. The van der Waals surface area contributed by atoms with E-state index in [9.17, 15) is 4.79 Å². The molecule has 0 saturated heterocycles. The van der Waals surface area contributed by atoms with E-state index in [1.54, 1.807) is 14.2 Å². The van der Waals surface area contributed by atoms with Crippen LogP contribution in [0.3, 0.4) is 0 Å². The summed E-state index contributed by atoms with van der Waals surface area (Å²) < 4.78 is 10.4. The number of hydrogen-bond acceptors (Lipinski definition) is 3. The van der Waals surface area contributed by atoms with E-state index >= 15 is 0 Å². The van der Waals surface area contributed by atoms with Crippen LogP contribution in [0.2, 0.25) is 0 Å². The molecule has 0 aliphatic heterocycles. The van der Waals surface area contributed by atoms with Gasteiger partial charge in [0.2, 0.25) is 0 Å². The van der Waals surface area contributed by atoms with Crippen LogP contribution in [-0.2, 0) is 25.7 Å². The van der Waals surface area contributed by atoms with Crippen molar-refractivity contribution in [2.75, 3.05) is 14.2 Å². The van der Waals surface area contributed by atoms with E-state index in [0.717, 1.165) is 24.9 Å². The summed E-state index contributed by atoms with van der Waals surface area (Å²) in [6, 6.07) is 10.4. The van der Waals surface area contributed by atoms with Crippen LogP contribution in [0.5, 0.6) is 11.5 Å². The molecule has 3 heteroatoms. The predicted molar refractivity (Wildman–Crippen MR) is 105 cm³/mol. The molecule has 0 unspecified atom stereocenters. The minimum Gasteiger partial charge on any atom is -0.497 e. The minimum atomic E-state index is 0.674. The maximum Gasteiger partial charge on any atom is 0.153 e. The molecular weight excluding hydrogens is 324 g/mol. The topological polar surface area (TPSA) is 35.5 Å². The molecular formula is C23H28O3. The average Bonchev–Trinajstić information content (AvgIpc) is 2.72. The third kappa shape index (κ3) is 4.27. The van der Waals surface area contributed by atoms with Gasteiger partial charge in [-0.25, -0.2) is 0 Å². The molecule has 2 aliphatic rings. The zero-order chi connectivity index (χ0) is 18.4. The Kier molecular flexibility index (Phi) is 6.32. The second kappa shape index (κ2) is 8.88. The Morgan fingerprint density at radius 2 is 1.31 bits per heavy atom. The molecule has 0 heterocycles. The van der Waals surface area contributed by atoms with Crippen molar-refractivity contribution >= 4 is 6.29 Å². The van der Waals surface area contributed by atoms with Crippen molar-refractivity contribution in [1.82, 2.24) is 0 Å². The van der Waals surface area contributed by atoms with Gasteiger partial charge in [-0.15, -0.1) is 0 Å². The van der Waals surface area contributed by atoms with Crippen molar-refractivity contribution in [3.05, 3.63) is 58.1 Å². The van der Waals surface area contributed by atoms with Crippen molar-refractivity contribution < 1.29 is 14.3 Å². The molecule has 2 aromatic carbocycles. The van der Waals surface area contributed by atoms with Gasteiger partial charge in [-0.05, 0) is 97.9 Å². The van der Waals surface area contributed by atoms with Crippen LogP contribution >= 0.6 is 0 Å². The van der Waals surface area contributed by atoms with Gasteiger partial charge in [-0.3, -0.25) is 4.79 Å². The van der Waals surface area contributed by atoms with Gasteiger partial charge in [-0.1, -0.05) is 6.07 Å². The molecule has 0 amide bonds. The fourth-order valence-electron chi connectivity index (χ4n) is 3.89. The van der Waals surface area contributed by atoms with Crippen LogP contribution in [0.4, 0.5) is 0 Å². The Bertz CT molecular complexity index is 764. The summed E-state index contributed by atoms with van der Waals surface area (Å²) in [5.41, 5.74) is 6.34. The van der Waals surface area contributed by atoms with Gasteiger partial charge in [0.15, 0.2) is 6.29 Å². The Hall–Kier alpha value is -2.29. The predicted octanol–water partition coefficient (Wildman–Crippen LogP) is 4.96. The second-order valence-corrected chi connectivity index (χ2v) is 7.03. The second-order valence-electron chi connectivity index (χ2n) is 7.03. The Morgan fingerprint density at radius 3 is 1.88 bits per heavy atom. The number of carbonyl (C=O) groups is 1. The Labute approximate surface area is 156 Å². The Balaban J connectivity index is 0.000000152. The van der Waals surface area contributed by atoms with Crippen molar-refractivity contribution in [2.45, 2.75) is 51.4 Å². The number of carbonyl (C=O) groups excluding carboxylic acids is 1. The van der Waals surface area contributed by atoms with E-state index in [1.807, 2.05) is 12.1 Å². The number of aryl methyl sites for hydroxylation is 4. The average molecular weight is 352 g/mol. The summed E-state index contributed by atoms with van der Waals surface area (Å²) in [6.45, 7) is 0. The first kappa shape index (κ1) is 18.5. The van der Waals surface area contributed by atoms with Crippen LogP contribution in [-0.4, -0.2) is 20.5 Å². The molecule has 4 rings (SSSR count). The molecule has 0 fully saturated rings. The molecule has 0 bridgehead atoms. The fourth-order valence-corrected chi connectivity index (χ4v) is 3.89. The van der Waals surface area contributed by atoms with Crippen LogP contribution < -0.4 is 9.47 Å². The van der Waals surface area contributed by atoms with E-state index < -0.39 is 0 Å². The highest BCUT2D eigenvalue weighted by molar-refractivity contribution is 5.80. The monoisotopic (exact) mass is 352 g/mol. The molecule has 0 atom stereocenters.